The predicted molar refractivity (Wildman–Crippen MR) is 94.6 cm³/mol. The van der Waals surface area contributed by atoms with Crippen LogP contribution in [0.15, 0.2) is 46.0 Å². The van der Waals surface area contributed by atoms with E-state index in [1.165, 1.54) is 15.8 Å². The zero-order chi connectivity index (χ0) is 17.5. The van der Waals surface area contributed by atoms with E-state index >= 15 is 0 Å². The highest BCUT2D eigenvalue weighted by molar-refractivity contribution is 7.91. The number of sulfonamides is 1. The number of hydrogen-bond acceptors (Lipinski definition) is 4. The quantitative estimate of drug-likeness (QED) is 0.906. The second kappa shape index (κ2) is 5.98. The molecule has 1 unspecified atom stereocenters. The lowest BCUT2D eigenvalue weighted by atomic mass is 9.78. The van der Waals surface area contributed by atoms with E-state index < -0.39 is 15.9 Å². The van der Waals surface area contributed by atoms with Crippen LogP contribution < -0.4 is 5.73 Å². The maximum absolute atomic E-state index is 12.9. The van der Waals surface area contributed by atoms with Crippen LogP contribution in [0.5, 0.6) is 0 Å². The summed E-state index contributed by atoms with van der Waals surface area (Å²) in [6, 6.07) is 11.3. The molecule has 1 aromatic heterocycles. The minimum absolute atomic E-state index is 0.129. The van der Waals surface area contributed by atoms with Crippen LogP contribution in [0, 0.1) is 5.41 Å². The summed E-state index contributed by atoms with van der Waals surface area (Å²) in [5.74, 6) is -0.485. The third kappa shape index (κ3) is 2.99. The molecule has 1 atom stereocenters. The lowest BCUT2D eigenvalue weighted by Crippen LogP contribution is -2.29. The maximum Gasteiger partial charge on any atom is 0.252 e. The highest BCUT2D eigenvalue weighted by atomic mass is 32.2. The Hall–Kier alpha value is -1.70. The van der Waals surface area contributed by atoms with Crippen molar-refractivity contribution in [1.29, 1.82) is 0 Å². The second-order valence-electron chi connectivity index (χ2n) is 6.77. The summed E-state index contributed by atoms with van der Waals surface area (Å²) in [5, 5.41) is 1.49. The zero-order valence-corrected chi connectivity index (χ0v) is 15.2. The van der Waals surface area contributed by atoms with Gasteiger partial charge in [-0.15, -0.1) is 11.3 Å². The monoisotopic (exact) mass is 364 g/mol. The molecule has 1 aliphatic rings. The largest absolute Gasteiger partial charge is 0.366 e. The average molecular weight is 364 g/mol. The number of rotatable bonds is 4. The van der Waals surface area contributed by atoms with Crippen molar-refractivity contribution in [2.45, 2.75) is 24.0 Å². The van der Waals surface area contributed by atoms with E-state index in [1.807, 2.05) is 30.3 Å². The standard InChI is InChI=1S/C17H20N2O3S2/c1-17(2)11-19(9-14(17)12-6-4-3-5-7-12)24(21,22)15-8-13(10-23-15)16(18)20/h3-8,10,14H,9,11H2,1-2H3,(H2,18,20). The topological polar surface area (TPSA) is 80.5 Å². The molecule has 3 rings (SSSR count). The molecule has 24 heavy (non-hydrogen) atoms. The summed E-state index contributed by atoms with van der Waals surface area (Å²) in [6.45, 7) is 5.05. The number of primary amides is 1. The van der Waals surface area contributed by atoms with Gasteiger partial charge in [-0.05, 0) is 17.0 Å². The van der Waals surface area contributed by atoms with Gasteiger partial charge < -0.3 is 5.73 Å². The predicted octanol–water partition coefficient (Wildman–Crippen LogP) is 2.66. The van der Waals surface area contributed by atoms with Crippen LogP contribution in [0.25, 0.3) is 0 Å². The molecule has 1 aromatic carbocycles. The Labute approximate surface area is 146 Å². The van der Waals surface area contributed by atoms with E-state index in [9.17, 15) is 13.2 Å². The van der Waals surface area contributed by atoms with Crippen LogP contribution >= 0.6 is 11.3 Å². The Kier molecular flexibility index (Phi) is 4.27. The average Bonchev–Trinajstić information content (AvgIpc) is 3.13. The van der Waals surface area contributed by atoms with Crippen LogP contribution in [-0.4, -0.2) is 31.7 Å². The van der Waals surface area contributed by atoms with Gasteiger partial charge in [-0.3, -0.25) is 4.79 Å². The SMILES string of the molecule is CC1(C)CN(S(=O)(=O)c2cc(C(N)=O)cs2)CC1c1ccccc1. The van der Waals surface area contributed by atoms with Gasteiger partial charge in [0.2, 0.25) is 5.91 Å². The van der Waals surface area contributed by atoms with E-state index in [-0.39, 0.29) is 21.1 Å². The van der Waals surface area contributed by atoms with Crippen LogP contribution in [0.3, 0.4) is 0 Å². The van der Waals surface area contributed by atoms with Crippen LogP contribution in [-0.2, 0) is 10.0 Å². The Balaban J connectivity index is 1.91. The molecule has 0 radical (unpaired) electrons. The molecule has 1 aliphatic heterocycles. The van der Waals surface area contributed by atoms with E-state index in [2.05, 4.69) is 13.8 Å². The molecule has 1 fully saturated rings. The first-order valence-electron chi connectivity index (χ1n) is 7.65. The Bertz CT molecular complexity index is 857. The molecule has 0 spiro atoms. The summed E-state index contributed by atoms with van der Waals surface area (Å²) < 4.78 is 27.5. The Morgan fingerprint density at radius 1 is 1.29 bits per heavy atom. The molecule has 0 bridgehead atoms. The Morgan fingerprint density at radius 2 is 1.96 bits per heavy atom. The number of hydrogen-bond donors (Lipinski definition) is 1. The lowest BCUT2D eigenvalue weighted by Gasteiger charge is -2.25. The van der Waals surface area contributed by atoms with Gasteiger partial charge >= 0.3 is 0 Å². The second-order valence-corrected chi connectivity index (χ2v) is 9.84. The van der Waals surface area contributed by atoms with Gasteiger partial charge in [0.1, 0.15) is 4.21 Å². The van der Waals surface area contributed by atoms with E-state index in [0.29, 0.717) is 13.1 Å². The molecule has 2 N–H and O–H groups in total. The van der Waals surface area contributed by atoms with Crippen molar-refractivity contribution in [1.82, 2.24) is 4.31 Å². The van der Waals surface area contributed by atoms with Crippen LogP contribution in [0.4, 0.5) is 0 Å². The number of nitrogens with zero attached hydrogens (tertiary/aromatic N) is 1. The van der Waals surface area contributed by atoms with E-state index in [1.54, 1.807) is 0 Å². The number of carbonyl (C=O) groups excluding carboxylic acids is 1. The highest BCUT2D eigenvalue weighted by Crippen LogP contribution is 2.44. The molecule has 0 saturated carbocycles. The van der Waals surface area contributed by atoms with Gasteiger partial charge in [0, 0.05) is 24.4 Å². The number of carbonyl (C=O) groups is 1. The minimum atomic E-state index is -3.62. The third-order valence-electron chi connectivity index (χ3n) is 4.57. The van der Waals surface area contributed by atoms with Gasteiger partial charge in [0.05, 0.1) is 5.56 Å². The van der Waals surface area contributed by atoms with Crippen molar-refractivity contribution in [3.8, 4) is 0 Å². The fraction of sp³-hybridized carbons (Fsp3) is 0.353. The first-order chi connectivity index (χ1) is 11.2. The van der Waals surface area contributed by atoms with Crippen molar-refractivity contribution in [2.24, 2.45) is 11.1 Å². The summed E-state index contributed by atoms with van der Waals surface area (Å²) in [4.78, 5) is 11.2. The molecule has 1 saturated heterocycles. The van der Waals surface area contributed by atoms with Crippen molar-refractivity contribution < 1.29 is 13.2 Å². The number of benzene rings is 1. The molecule has 2 heterocycles. The van der Waals surface area contributed by atoms with Crippen molar-refractivity contribution in [3.63, 3.8) is 0 Å². The molecule has 1 amide bonds. The highest BCUT2D eigenvalue weighted by Gasteiger charge is 2.45. The molecule has 5 nitrogen and oxygen atoms in total. The molecule has 0 aliphatic carbocycles. The third-order valence-corrected chi connectivity index (χ3v) is 7.80. The van der Waals surface area contributed by atoms with Gasteiger partial charge in [-0.2, -0.15) is 4.31 Å². The van der Waals surface area contributed by atoms with Gasteiger partial charge in [0.15, 0.2) is 0 Å². The number of nitrogens with two attached hydrogens (primary N) is 1. The summed E-state index contributed by atoms with van der Waals surface area (Å²) in [5.41, 5.74) is 6.43. The fourth-order valence-corrected chi connectivity index (χ4v) is 6.16. The molecule has 7 heteroatoms. The maximum atomic E-state index is 12.9. The summed E-state index contributed by atoms with van der Waals surface area (Å²) in [7, 11) is -3.62. The zero-order valence-electron chi connectivity index (χ0n) is 13.6. The number of amides is 1. The Morgan fingerprint density at radius 3 is 2.54 bits per heavy atom. The number of thiophene rings is 1. The summed E-state index contributed by atoms with van der Waals surface area (Å²) >= 11 is 1.04. The van der Waals surface area contributed by atoms with Crippen molar-refractivity contribution in [3.05, 3.63) is 52.9 Å². The summed E-state index contributed by atoms with van der Waals surface area (Å²) in [6.07, 6.45) is 0. The van der Waals surface area contributed by atoms with Gasteiger partial charge in [-0.25, -0.2) is 8.42 Å². The normalized spacial score (nSPS) is 21.0. The molecule has 2 aromatic rings. The van der Waals surface area contributed by atoms with E-state index in [4.69, 9.17) is 5.73 Å². The molecule has 128 valence electrons. The van der Waals surface area contributed by atoms with Gasteiger partial charge in [0.25, 0.3) is 10.0 Å². The van der Waals surface area contributed by atoms with Crippen LogP contribution in [0.1, 0.15) is 35.7 Å². The van der Waals surface area contributed by atoms with Crippen LogP contribution in [0.2, 0.25) is 0 Å². The van der Waals surface area contributed by atoms with Gasteiger partial charge in [-0.1, -0.05) is 44.2 Å². The first-order valence-corrected chi connectivity index (χ1v) is 9.97. The van der Waals surface area contributed by atoms with Crippen molar-refractivity contribution >= 4 is 27.3 Å². The molecular formula is C17H20N2O3S2. The molecular weight excluding hydrogens is 344 g/mol. The fourth-order valence-electron chi connectivity index (χ4n) is 3.21. The first kappa shape index (κ1) is 17.1. The lowest BCUT2D eigenvalue weighted by molar-refractivity contribution is 0.100. The van der Waals surface area contributed by atoms with E-state index in [0.717, 1.165) is 16.9 Å². The minimum Gasteiger partial charge on any atom is -0.366 e. The van der Waals surface area contributed by atoms with Crippen molar-refractivity contribution in [2.75, 3.05) is 13.1 Å². The smallest absolute Gasteiger partial charge is 0.252 e.